The molecule has 3 rings (SSSR count). The first-order valence-electron chi connectivity index (χ1n) is 7.79. The summed E-state index contributed by atoms with van der Waals surface area (Å²) in [7, 11) is -3.15. The number of nitrogens with zero attached hydrogens (tertiary/aromatic N) is 2. The SMILES string of the molecule is CS(=O)(=O)c1ccc(N2CC(C(=O)N3CCCCC3)C2)cc1. The van der Waals surface area contributed by atoms with Gasteiger partial charge in [-0.15, -0.1) is 0 Å². The molecule has 0 bridgehead atoms. The molecule has 2 saturated heterocycles. The van der Waals surface area contributed by atoms with Crippen molar-refractivity contribution in [3.8, 4) is 0 Å². The zero-order valence-electron chi connectivity index (χ0n) is 12.9. The number of carbonyl (C=O) groups is 1. The summed E-state index contributed by atoms with van der Waals surface area (Å²) in [6.45, 7) is 3.26. The molecule has 22 heavy (non-hydrogen) atoms. The fourth-order valence-corrected chi connectivity index (χ4v) is 3.75. The van der Waals surface area contributed by atoms with Crippen molar-refractivity contribution in [1.29, 1.82) is 0 Å². The molecule has 2 heterocycles. The van der Waals surface area contributed by atoms with Crippen LogP contribution in [0.25, 0.3) is 0 Å². The first-order valence-corrected chi connectivity index (χ1v) is 9.68. The molecule has 0 aromatic heterocycles. The van der Waals surface area contributed by atoms with Crippen LogP contribution < -0.4 is 4.90 Å². The number of hydrogen-bond acceptors (Lipinski definition) is 4. The van der Waals surface area contributed by atoms with Gasteiger partial charge in [-0.25, -0.2) is 8.42 Å². The number of hydrogen-bond donors (Lipinski definition) is 0. The zero-order chi connectivity index (χ0) is 15.7. The Hall–Kier alpha value is -1.56. The predicted molar refractivity (Wildman–Crippen MR) is 85.7 cm³/mol. The van der Waals surface area contributed by atoms with Crippen LogP contribution in [0, 0.1) is 5.92 Å². The second-order valence-corrected chi connectivity index (χ2v) is 8.27. The van der Waals surface area contributed by atoms with Crippen LogP contribution in [0.1, 0.15) is 19.3 Å². The number of rotatable bonds is 3. The standard InChI is InChI=1S/C16H22N2O3S/c1-22(20,21)15-7-5-14(6-8-15)18-11-13(12-18)16(19)17-9-3-2-4-10-17/h5-8,13H,2-4,9-12H2,1H3. The average Bonchev–Trinajstić information content (AvgIpc) is 2.46. The fraction of sp³-hybridized carbons (Fsp3) is 0.562. The van der Waals surface area contributed by atoms with E-state index in [0.717, 1.165) is 44.7 Å². The van der Waals surface area contributed by atoms with Crippen molar-refractivity contribution in [1.82, 2.24) is 4.90 Å². The average molecular weight is 322 g/mol. The molecule has 0 N–H and O–H groups in total. The van der Waals surface area contributed by atoms with Gasteiger partial charge in [0, 0.05) is 38.1 Å². The van der Waals surface area contributed by atoms with Crippen LogP contribution in [0.3, 0.4) is 0 Å². The Kier molecular flexibility index (Phi) is 4.12. The molecule has 2 fully saturated rings. The third-order valence-electron chi connectivity index (χ3n) is 4.53. The van der Waals surface area contributed by atoms with E-state index in [1.54, 1.807) is 12.1 Å². The van der Waals surface area contributed by atoms with Gasteiger partial charge < -0.3 is 9.80 Å². The number of likely N-dealkylation sites (tertiary alicyclic amines) is 1. The van der Waals surface area contributed by atoms with Crippen LogP contribution in [0.15, 0.2) is 29.2 Å². The summed E-state index contributed by atoms with van der Waals surface area (Å²) in [6.07, 6.45) is 4.68. The second kappa shape index (κ2) is 5.91. The highest BCUT2D eigenvalue weighted by molar-refractivity contribution is 7.90. The molecular formula is C16H22N2O3S. The number of amides is 1. The number of anilines is 1. The first kappa shape index (κ1) is 15.3. The van der Waals surface area contributed by atoms with Crippen molar-refractivity contribution in [3.63, 3.8) is 0 Å². The van der Waals surface area contributed by atoms with Crippen molar-refractivity contribution in [2.75, 3.05) is 37.3 Å². The Morgan fingerprint density at radius 1 is 1.05 bits per heavy atom. The number of benzene rings is 1. The lowest BCUT2D eigenvalue weighted by atomic mass is 9.96. The Labute approximate surface area is 131 Å². The molecule has 0 unspecified atom stereocenters. The van der Waals surface area contributed by atoms with Crippen molar-refractivity contribution in [2.24, 2.45) is 5.92 Å². The molecule has 5 nitrogen and oxygen atoms in total. The summed E-state index contributed by atoms with van der Waals surface area (Å²) in [4.78, 5) is 16.8. The van der Waals surface area contributed by atoms with Crippen LogP contribution >= 0.6 is 0 Å². The van der Waals surface area contributed by atoms with Crippen LogP contribution in [0.4, 0.5) is 5.69 Å². The van der Waals surface area contributed by atoms with E-state index in [2.05, 4.69) is 4.90 Å². The minimum absolute atomic E-state index is 0.0904. The molecule has 120 valence electrons. The highest BCUT2D eigenvalue weighted by Crippen LogP contribution is 2.27. The molecule has 0 atom stereocenters. The maximum Gasteiger partial charge on any atom is 0.229 e. The number of piperidine rings is 1. The molecule has 2 aliphatic rings. The Bertz CT molecular complexity index is 642. The minimum Gasteiger partial charge on any atom is -0.370 e. The van der Waals surface area contributed by atoms with Gasteiger partial charge in [-0.1, -0.05) is 0 Å². The summed E-state index contributed by atoms with van der Waals surface area (Å²) in [6, 6.07) is 6.89. The molecule has 2 aliphatic heterocycles. The molecule has 0 spiro atoms. The lowest BCUT2D eigenvalue weighted by Gasteiger charge is -2.42. The maximum atomic E-state index is 12.4. The molecule has 1 aromatic carbocycles. The number of sulfone groups is 1. The second-order valence-electron chi connectivity index (χ2n) is 6.25. The Balaban J connectivity index is 1.57. The van der Waals surface area contributed by atoms with Crippen molar-refractivity contribution < 1.29 is 13.2 Å². The molecule has 0 aliphatic carbocycles. The van der Waals surface area contributed by atoms with E-state index < -0.39 is 9.84 Å². The molecule has 1 amide bonds. The minimum atomic E-state index is -3.15. The largest absolute Gasteiger partial charge is 0.370 e. The lowest BCUT2D eigenvalue weighted by Crippen LogP contribution is -2.55. The van der Waals surface area contributed by atoms with Crippen LogP contribution in [-0.4, -0.2) is 51.7 Å². The molecule has 6 heteroatoms. The van der Waals surface area contributed by atoms with E-state index in [4.69, 9.17) is 0 Å². The summed E-state index contributed by atoms with van der Waals surface area (Å²) < 4.78 is 22.9. The zero-order valence-corrected chi connectivity index (χ0v) is 13.7. The van der Waals surface area contributed by atoms with E-state index in [0.29, 0.717) is 4.90 Å². The summed E-state index contributed by atoms with van der Waals surface area (Å²) >= 11 is 0. The Morgan fingerprint density at radius 2 is 1.64 bits per heavy atom. The third-order valence-corrected chi connectivity index (χ3v) is 5.66. The fourth-order valence-electron chi connectivity index (χ4n) is 3.12. The predicted octanol–water partition coefficient (Wildman–Crippen LogP) is 1.54. The summed E-state index contributed by atoms with van der Waals surface area (Å²) in [5.74, 6) is 0.372. The van der Waals surface area contributed by atoms with Gasteiger partial charge in [0.2, 0.25) is 5.91 Å². The van der Waals surface area contributed by atoms with Crippen molar-refractivity contribution >= 4 is 21.4 Å². The van der Waals surface area contributed by atoms with Gasteiger partial charge in [0.15, 0.2) is 9.84 Å². The van der Waals surface area contributed by atoms with Gasteiger partial charge in [-0.05, 0) is 43.5 Å². The highest BCUT2D eigenvalue weighted by Gasteiger charge is 2.35. The van der Waals surface area contributed by atoms with Crippen LogP contribution in [0.2, 0.25) is 0 Å². The molecule has 0 radical (unpaired) electrons. The van der Waals surface area contributed by atoms with Gasteiger partial charge in [0.25, 0.3) is 0 Å². The third kappa shape index (κ3) is 3.11. The van der Waals surface area contributed by atoms with E-state index >= 15 is 0 Å². The topological polar surface area (TPSA) is 57.7 Å². The van der Waals surface area contributed by atoms with Crippen molar-refractivity contribution in [2.45, 2.75) is 24.2 Å². The summed E-state index contributed by atoms with van der Waals surface area (Å²) in [5, 5.41) is 0. The van der Waals surface area contributed by atoms with Crippen molar-refractivity contribution in [3.05, 3.63) is 24.3 Å². The molecular weight excluding hydrogens is 300 g/mol. The number of carbonyl (C=O) groups excluding carboxylic acids is 1. The maximum absolute atomic E-state index is 12.4. The van der Waals surface area contributed by atoms with Crippen LogP contribution in [0.5, 0.6) is 0 Å². The highest BCUT2D eigenvalue weighted by atomic mass is 32.2. The van der Waals surface area contributed by atoms with Gasteiger partial charge in [-0.2, -0.15) is 0 Å². The van der Waals surface area contributed by atoms with E-state index in [-0.39, 0.29) is 11.8 Å². The van der Waals surface area contributed by atoms with Gasteiger partial charge in [0.05, 0.1) is 10.8 Å². The van der Waals surface area contributed by atoms with E-state index in [1.165, 1.54) is 12.7 Å². The smallest absolute Gasteiger partial charge is 0.229 e. The van der Waals surface area contributed by atoms with E-state index in [1.807, 2.05) is 17.0 Å². The van der Waals surface area contributed by atoms with Gasteiger partial charge >= 0.3 is 0 Å². The van der Waals surface area contributed by atoms with Gasteiger partial charge in [0.1, 0.15) is 0 Å². The summed E-state index contributed by atoms with van der Waals surface area (Å²) in [5.41, 5.74) is 0.982. The monoisotopic (exact) mass is 322 g/mol. The van der Waals surface area contributed by atoms with Crippen LogP contribution in [-0.2, 0) is 14.6 Å². The lowest BCUT2D eigenvalue weighted by molar-refractivity contribution is -0.137. The Morgan fingerprint density at radius 3 is 2.18 bits per heavy atom. The van der Waals surface area contributed by atoms with E-state index in [9.17, 15) is 13.2 Å². The van der Waals surface area contributed by atoms with Gasteiger partial charge in [-0.3, -0.25) is 4.79 Å². The molecule has 0 saturated carbocycles. The molecule has 1 aromatic rings. The normalized spacial score (nSPS) is 19.9. The quantitative estimate of drug-likeness (QED) is 0.847. The first-order chi connectivity index (χ1) is 10.4.